The minimum absolute atomic E-state index is 0.105. The second-order valence-corrected chi connectivity index (χ2v) is 5.45. The van der Waals surface area contributed by atoms with E-state index in [0.717, 1.165) is 12.8 Å². The molecule has 2 fully saturated rings. The predicted octanol–water partition coefficient (Wildman–Crippen LogP) is 1.35. The Morgan fingerprint density at radius 2 is 2.14 bits per heavy atom. The second kappa shape index (κ2) is 3.23. The third-order valence-electron chi connectivity index (χ3n) is 3.54. The van der Waals surface area contributed by atoms with E-state index in [1.54, 1.807) is 0 Å². The van der Waals surface area contributed by atoms with Gasteiger partial charge in [-0.25, -0.2) is 0 Å². The van der Waals surface area contributed by atoms with Crippen molar-refractivity contribution in [2.75, 3.05) is 6.61 Å². The predicted molar refractivity (Wildman–Crippen MR) is 51.6 cm³/mol. The molecular weight excluding hydrogens is 180 g/mol. The number of carbonyl (C=O) groups is 1. The van der Waals surface area contributed by atoms with Gasteiger partial charge in [0.05, 0.1) is 19.1 Å². The van der Waals surface area contributed by atoms with Crippen LogP contribution in [0.1, 0.15) is 33.1 Å². The van der Waals surface area contributed by atoms with Crippen molar-refractivity contribution in [3.8, 4) is 0 Å². The first-order valence-corrected chi connectivity index (χ1v) is 5.32. The summed E-state index contributed by atoms with van der Waals surface area (Å²) in [5.41, 5.74) is 0.218. The van der Waals surface area contributed by atoms with Gasteiger partial charge in [0.1, 0.15) is 0 Å². The van der Waals surface area contributed by atoms with Crippen LogP contribution < -0.4 is 0 Å². The van der Waals surface area contributed by atoms with Crippen molar-refractivity contribution >= 4 is 5.97 Å². The molecule has 2 aliphatic rings. The van der Waals surface area contributed by atoms with Gasteiger partial charge in [-0.15, -0.1) is 0 Å². The summed E-state index contributed by atoms with van der Waals surface area (Å²) in [6, 6.07) is 0. The van der Waals surface area contributed by atoms with E-state index in [4.69, 9.17) is 4.74 Å². The fourth-order valence-electron chi connectivity index (χ4n) is 2.86. The zero-order valence-electron chi connectivity index (χ0n) is 8.82. The van der Waals surface area contributed by atoms with E-state index in [-0.39, 0.29) is 29.3 Å². The van der Waals surface area contributed by atoms with Crippen LogP contribution >= 0.6 is 0 Å². The number of hydrogen-bond acceptors (Lipinski definition) is 3. The number of aliphatic hydroxyl groups is 1. The lowest BCUT2D eigenvalue weighted by Gasteiger charge is -2.20. The van der Waals surface area contributed by atoms with Gasteiger partial charge in [-0.05, 0) is 24.2 Å². The lowest BCUT2D eigenvalue weighted by molar-refractivity contribution is -0.137. The molecule has 1 aliphatic heterocycles. The number of carbonyl (C=O) groups excluding carboxylic acids is 1. The number of aliphatic hydroxyl groups excluding tert-OH is 1. The maximum Gasteiger partial charge on any atom is 0.306 e. The zero-order valence-corrected chi connectivity index (χ0v) is 8.82. The first kappa shape index (κ1) is 9.97. The Labute approximate surface area is 84.4 Å². The van der Waals surface area contributed by atoms with Crippen LogP contribution in [0.5, 0.6) is 0 Å². The van der Waals surface area contributed by atoms with Crippen LogP contribution in [-0.4, -0.2) is 23.8 Å². The molecule has 14 heavy (non-hydrogen) atoms. The van der Waals surface area contributed by atoms with Gasteiger partial charge in [-0.1, -0.05) is 13.8 Å². The Morgan fingerprint density at radius 3 is 2.57 bits per heavy atom. The van der Waals surface area contributed by atoms with Crippen LogP contribution in [0.2, 0.25) is 0 Å². The Balaban J connectivity index is 2.02. The van der Waals surface area contributed by atoms with E-state index >= 15 is 0 Å². The molecule has 0 bridgehead atoms. The first-order chi connectivity index (χ1) is 6.48. The van der Waals surface area contributed by atoms with Crippen molar-refractivity contribution in [2.45, 2.75) is 39.2 Å². The van der Waals surface area contributed by atoms with Crippen LogP contribution in [0.15, 0.2) is 0 Å². The Morgan fingerprint density at radius 1 is 1.43 bits per heavy atom. The van der Waals surface area contributed by atoms with Gasteiger partial charge in [-0.3, -0.25) is 4.79 Å². The van der Waals surface area contributed by atoms with Gasteiger partial charge in [0.2, 0.25) is 0 Å². The van der Waals surface area contributed by atoms with Crippen LogP contribution in [0, 0.1) is 17.3 Å². The molecule has 3 atom stereocenters. The average Bonchev–Trinajstić information content (AvgIpc) is 2.55. The normalized spacial score (nSPS) is 41.4. The highest BCUT2D eigenvalue weighted by molar-refractivity contribution is 5.71. The molecule has 80 valence electrons. The van der Waals surface area contributed by atoms with E-state index < -0.39 is 0 Å². The molecule has 0 amide bonds. The van der Waals surface area contributed by atoms with Crippen LogP contribution in [-0.2, 0) is 9.53 Å². The average molecular weight is 198 g/mol. The number of esters is 1. The minimum Gasteiger partial charge on any atom is -0.465 e. The van der Waals surface area contributed by atoms with E-state index in [1.807, 2.05) is 0 Å². The molecule has 3 unspecified atom stereocenters. The standard InChI is InChI=1S/C11H18O3/c1-11(2)4-8(9(12)5-11)7-3-10(13)14-6-7/h7-9,12H,3-6H2,1-2H3. The van der Waals surface area contributed by atoms with Crippen molar-refractivity contribution in [3.05, 3.63) is 0 Å². The lowest BCUT2D eigenvalue weighted by Crippen LogP contribution is -2.22. The molecule has 1 saturated carbocycles. The summed E-state index contributed by atoms with van der Waals surface area (Å²) in [6.07, 6.45) is 2.11. The summed E-state index contributed by atoms with van der Waals surface area (Å²) < 4.78 is 4.94. The molecular formula is C11H18O3. The van der Waals surface area contributed by atoms with E-state index in [0.29, 0.717) is 13.0 Å². The quantitative estimate of drug-likeness (QED) is 0.647. The summed E-state index contributed by atoms with van der Waals surface area (Å²) in [5, 5.41) is 9.90. The molecule has 1 saturated heterocycles. The summed E-state index contributed by atoms with van der Waals surface area (Å²) in [4.78, 5) is 11.0. The third-order valence-corrected chi connectivity index (χ3v) is 3.54. The van der Waals surface area contributed by atoms with Crippen molar-refractivity contribution < 1.29 is 14.6 Å². The van der Waals surface area contributed by atoms with Crippen LogP contribution in [0.3, 0.4) is 0 Å². The van der Waals surface area contributed by atoms with Crippen LogP contribution in [0.4, 0.5) is 0 Å². The molecule has 0 aromatic carbocycles. The molecule has 1 N–H and O–H groups in total. The SMILES string of the molecule is CC1(C)CC(O)C(C2COC(=O)C2)C1. The highest BCUT2D eigenvalue weighted by Gasteiger charge is 2.44. The number of hydrogen-bond donors (Lipinski definition) is 1. The van der Waals surface area contributed by atoms with Gasteiger partial charge < -0.3 is 9.84 Å². The maximum absolute atomic E-state index is 11.0. The van der Waals surface area contributed by atoms with E-state index in [1.165, 1.54) is 0 Å². The Hall–Kier alpha value is -0.570. The molecule has 3 nitrogen and oxygen atoms in total. The van der Waals surface area contributed by atoms with Gasteiger partial charge >= 0.3 is 5.97 Å². The largest absolute Gasteiger partial charge is 0.465 e. The minimum atomic E-state index is -0.246. The summed E-state index contributed by atoms with van der Waals surface area (Å²) in [7, 11) is 0. The molecule has 0 spiro atoms. The fourth-order valence-corrected chi connectivity index (χ4v) is 2.86. The van der Waals surface area contributed by atoms with Crippen LogP contribution in [0.25, 0.3) is 0 Å². The van der Waals surface area contributed by atoms with Crippen molar-refractivity contribution in [1.82, 2.24) is 0 Å². The second-order valence-electron chi connectivity index (χ2n) is 5.45. The molecule has 2 rings (SSSR count). The fraction of sp³-hybridized carbons (Fsp3) is 0.909. The highest BCUT2D eigenvalue weighted by Crippen LogP contribution is 2.46. The lowest BCUT2D eigenvalue weighted by atomic mass is 9.85. The molecule has 0 aromatic rings. The number of ether oxygens (including phenoxy) is 1. The number of cyclic esters (lactones) is 1. The Kier molecular flexibility index (Phi) is 2.30. The van der Waals surface area contributed by atoms with E-state index in [9.17, 15) is 9.90 Å². The topological polar surface area (TPSA) is 46.5 Å². The highest BCUT2D eigenvalue weighted by atomic mass is 16.5. The maximum atomic E-state index is 11.0. The monoisotopic (exact) mass is 198 g/mol. The smallest absolute Gasteiger partial charge is 0.306 e. The summed E-state index contributed by atoms with van der Waals surface area (Å²) >= 11 is 0. The van der Waals surface area contributed by atoms with Crippen molar-refractivity contribution in [2.24, 2.45) is 17.3 Å². The van der Waals surface area contributed by atoms with Gasteiger partial charge in [0.25, 0.3) is 0 Å². The van der Waals surface area contributed by atoms with Gasteiger partial charge in [0.15, 0.2) is 0 Å². The van der Waals surface area contributed by atoms with Crippen molar-refractivity contribution in [3.63, 3.8) is 0 Å². The van der Waals surface area contributed by atoms with E-state index in [2.05, 4.69) is 13.8 Å². The third kappa shape index (κ3) is 1.78. The number of rotatable bonds is 1. The molecule has 0 radical (unpaired) electrons. The molecule has 1 heterocycles. The molecule has 3 heteroatoms. The summed E-state index contributed by atoms with van der Waals surface area (Å²) in [5.74, 6) is 0.405. The first-order valence-electron chi connectivity index (χ1n) is 5.32. The van der Waals surface area contributed by atoms with Crippen molar-refractivity contribution in [1.29, 1.82) is 0 Å². The molecule has 0 aromatic heterocycles. The zero-order chi connectivity index (χ0) is 10.3. The van der Waals surface area contributed by atoms with Gasteiger partial charge in [-0.2, -0.15) is 0 Å². The summed E-state index contributed by atoms with van der Waals surface area (Å²) in [6.45, 7) is 4.86. The Bertz CT molecular complexity index is 247. The van der Waals surface area contributed by atoms with Gasteiger partial charge in [0, 0.05) is 5.92 Å². The molecule has 1 aliphatic carbocycles.